The maximum absolute atomic E-state index is 13.2. The Hall–Kier alpha value is -1.35. The van der Waals surface area contributed by atoms with Crippen LogP contribution < -0.4 is 5.32 Å². The van der Waals surface area contributed by atoms with Gasteiger partial charge in [-0.25, -0.2) is 4.39 Å². The van der Waals surface area contributed by atoms with E-state index in [0.717, 1.165) is 17.3 Å². The lowest BCUT2D eigenvalue weighted by Crippen LogP contribution is -2.51. The molecule has 1 aromatic heterocycles. The zero-order valence-electron chi connectivity index (χ0n) is 8.18. The summed E-state index contributed by atoms with van der Waals surface area (Å²) >= 11 is 0. The van der Waals surface area contributed by atoms with Crippen molar-refractivity contribution in [3.05, 3.63) is 35.3 Å². The molecular weight excluding hydrogens is 191 g/mol. The normalized spacial score (nSPS) is 27.5. The molecule has 76 valence electrons. The Bertz CT molecular complexity index is 552. The summed E-state index contributed by atoms with van der Waals surface area (Å²) in [5.41, 5.74) is 3.67. The third kappa shape index (κ3) is 0.913. The minimum absolute atomic E-state index is 0.147. The van der Waals surface area contributed by atoms with E-state index in [-0.39, 0.29) is 5.82 Å². The molecule has 3 heteroatoms. The molecule has 2 nitrogen and oxygen atoms in total. The number of aromatic nitrogens is 1. The van der Waals surface area contributed by atoms with E-state index in [2.05, 4.69) is 10.3 Å². The van der Waals surface area contributed by atoms with Crippen LogP contribution in [-0.2, 0) is 6.42 Å². The molecule has 0 amide bonds. The van der Waals surface area contributed by atoms with Crippen molar-refractivity contribution in [2.24, 2.45) is 0 Å². The monoisotopic (exact) mass is 202 g/mol. The highest BCUT2D eigenvalue weighted by atomic mass is 19.1. The van der Waals surface area contributed by atoms with E-state index in [4.69, 9.17) is 0 Å². The number of nitrogens with one attached hydrogen (secondary N) is 2. The minimum atomic E-state index is -0.147. The van der Waals surface area contributed by atoms with Gasteiger partial charge in [0.15, 0.2) is 0 Å². The summed E-state index contributed by atoms with van der Waals surface area (Å²) in [6.07, 6.45) is 2.26. The van der Waals surface area contributed by atoms with Crippen molar-refractivity contribution in [2.75, 3.05) is 0 Å². The molecule has 3 aliphatic rings. The van der Waals surface area contributed by atoms with E-state index < -0.39 is 0 Å². The Labute approximate surface area is 86.5 Å². The first-order valence-corrected chi connectivity index (χ1v) is 5.37. The maximum atomic E-state index is 13.2. The van der Waals surface area contributed by atoms with Gasteiger partial charge < -0.3 is 10.3 Å². The van der Waals surface area contributed by atoms with Crippen LogP contribution in [0, 0.1) is 5.82 Å². The van der Waals surface area contributed by atoms with Gasteiger partial charge in [0.2, 0.25) is 0 Å². The molecule has 1 aliphatic carbocycles. The van der Waals surface area contributed by atoms with Crippen molar-refractivity contribution in [3.8, 4) is 0 Å². The average Bonchev–Trinajstić information content (AvgIpc) is 2.54. The molecule has 1 aromatic carbocycles. The molecule has 1 fully saturated rings. The van der Waals surface area contributed by atoms with Crippen LogP contribution in [-0.4, -0.2) is 11.0 Å². The second-order valence-corrected chi connectivity index (χ2v) is 4.56. The number of rotatable bonds is 0. The minimum Gasteiger partial charge on any atom is -0.358 e. The van der Waals surface area contributed by atoms with Crippen molar-refractivity contribution in [1.29, 1.82) is 0 Å². The molecule has 3 heterocycles. The van der Waals surface area contributed by atoms with Crippen LogP contribution in [0.3, 0.4) is 0 Å². The maximum Gasteiger partial charge on any atom is 0.123 e. The van der Waals surface area contributed by atoms with Crippen molar-refractivity contribution < 1.29 is 4.39 Å². The second kappa shape index (κ2) is 2.42. The van der Waals surface area contributed by atoms with Crippen LogP contribution in [0.25, 0.3) is 10.9 Å². The zero-order valence-corrected chi connectivity index (χ0v) is 8.18. The molecule has 2 atom stereocenters. The molecule has 2 bridgehead atoms. The molecule has 2 unspecified atom stereocenters. The SMILES string of the molecule is Fc1ccc2[nH]c3c(c2c1)C1CC(C3)N1. The topological polar surface area (TPSA) is 27.8 Å². The van der Waals surface area contributed by atoms with Gasteiger partial charge in [0.1, 0.15) is 5.82 Å². The second-order valence-electron chi connectivity index (χ2n) is 4.56. The van der Waals surface area contributed by atoms with E-state index in [1.54, 1.807) is 6.07 Å². The Morgan fingerprint density at radius 2 is 2.20 bits per heavy atom. The molecule has 2 N–H and O–H groups in total. The van der Waals surface area contributed by atoms with Gasteiger partial charge >= 0.3 is 0 Å². The molecule has 2 aliphatic heterocycles. The predicted octanol–water partition coefficient (Wildman–Crippen LogP) is 2.27. The van der Waals surface area contributed by atoms with Crippen LogP contribution in [0.4, 0.5) is 4.39 Å². The van der Waals surface area contributed by atoms with Crippen molar-refractivity contribution in [3.63, 3.8) is 0 Å². The van der Waals surface area contributed by atoms with Crippen LogP contribution in [0.5, 0.6) is 0 Å². The van der Waals surface area contributed by atoms with Gasteiger partial charge in [-0.05, 0) is 30.2 Å². The van der Waals surface area contributed by atoms with Crippen molar-refractivity contribution in [1.82, 2.24) is 10.3 Å². The van der Waals surface area contributed by atoms with Crippen LogP contribution in [0.1, 0.15) is 23.7 Å². The van der Waals surface area contributed by atoms with Gasteiger partial charge in [-0.15, -0.1) is 0 Å². The highest BCUT2D eigenvalue weighted by molar-refractivity contribution is 5.86. The van der Waals surface area contributed by atoms with E-state index in [9.17, 15) is 4.39 Å². The number of hydrogen-bond donors (Lipinski definition) is 2. The molecular formula is C12H11FN2. The third-order valence-corrected chi connectivity index (χ3v) is 3.64. The first-order valence-electron chi connectivity index (χ1n) is 5.37. The number of benzene rings is 1. The molecule has 0 radical (unpaired) electrons. The number of halogens is 1. The third-order valence-electron chi connectivity index (χ3n) is 3.64. The zero-order chi connectivity index (χ0) is 9.99. The molecule has 2 aromatic rings. The van der Waals surface area contributed by atoms with Gasteiger partial charge in [0, 0.05) is 35.1 Å². The summed E-state index contributed by atoms with van der Waals surface area (Å²) in [5.74, 6) is -0.147. The average molecular weight is 202 g/mol. The molecule has 5 rings (SSSR count). The van der Waals surface area contributed by atoms with Crippen molar-refractivity contribution in [2.45, 2.75) is 24.9 Å². The standard InChI is InChI=1S/C12H11FN2/c13-6-1-2-9-8(3-6)12-10-4-7(14-10)5-11(12)15-9/h1-3,7,10,14-15H,4-5H2. The lowest BCUT2D eigenvalue weighted by molar-refractivity contribution is 0.243. The van der Waals surface area contributed by atoms with Gasteiger partial charge in [-0.1, -0.05) is 0 Å². The number of fused-ring (bicyclic) bond motifs is 1. The Morgan fingerprint density at radius 1 is 1.33 bits per heavy atom. The lowest BCUT2D eigenvalue weighted by atomic mass is 9.80. The summed E-state index contributed by atoms with van der Waals surface area (Å²) < 4.78 is 13.2. The largest absolute Gasteiger partial charge is 0.358 e. The van der Waals surface area contributed by atoms with Gasteiger partial charge in [0.05, 0.1) is 0 Å². The number of aromatic amines is 1. The first kappa shape index (κ1) is 7.88. The van der Waals surface area contributed by atoms with Crippen LogP contribution in [0.15, 0.2) is 18.2 Å². The van der Waals surface area contributed by atoms with Crippen LogP contribution in [0.2, 0.25) is 0 Å². The highest BCUT2D eigenvalue weighted by Crippen LogP contribution is 2.41. The Kier molecular flexibility index (Phi) is 1.27. The quantitative estimate of drug-likeness (QED) is 0.673. The molecule has 1 saturated heterocycles. The first-order chi connectivity index (χ1) is 7.31. The summed E-state index contributed by atoms with van der Waals surface area (Å²) in [6, 6.07) is 6.09. The van der Waals surface area contributed by atoms with E-state index in [1.165, 1.54) is 23.7 Å². The lowest BCUT2D eigenvalue weighted by Gasteiger charge is -2.42. The van der Waals surface area contributed by atoms with E-state index >= 15 is 0 Å². The number of H-pyrrole nitrogens is 1. The van der Waals surface area contributed by atoms with E-state index in [1.807, 2.05) is 6.07 Å². The van der Waals surface area contributed by atoms with Crippen LogP contribution >= 0.6 is 0 Å². The fourth-order valence-corrected chi connectivity index (χ4v) is 2.93. The number of hydrogen-bond acceptors (Lipinski definition) is 1. The highest BCUT2D eigenvalue weighted by Gasteiger charge is 2.38. The fraction of sp³-hybridized carbons (Fsp3) is 0.333. The summed E-state index contributed by atoms with van der Waals surface area (Å²) in [5, 5.41) is 4.55. The Balaban J connectivity index is 2.07. The summed E-state index contributed by atoms with van der Waals surface area (Å²) in [7, 11) is 0. The molecule has 0 spiro atoms. The Morgan fingerprint density at radius 3 is 3.07 bits per heavy atom. The molecule has 15 heavy (non-hydrogen) atoms. The predicted molar refractivity (Wildman–Crippen MR) is 56.2 cm³/mol. The van der Waals surface area contributed by atoms with Gasteiger partial charge in [-0.3, -0.25) is 0 Å². The van der Waals surface area contributed by atoms with Gasteiger partial charge in [0.25, 0.3) is 0 Å². The smallest absolute Gasteiger partial charge is 0.123 e. The molecule has 0 saturated carbocycles. The van der Waals surface area contributed by atoms with Crippen molar-refractivity contribution >= 4 is 10.9 Å². The van der Waals surface area contributed by atoms with Gasteiger partial charge in [-0.2, -0.15) is 0 Å². The summed E-state index contributed by atoms with van der Waals surface area (Å²) in [6.45, 7) is 0. The fourth-order valence-electron chi connectivity index (χ4n) is 2.93. The van der Waals surface area contributed by atoms with E-state index in [0.29, 0.717) is 12.1 Å². The summed E-state index contributed by atoms with van der Waals surface area (Å²) in [4.78, 5) is 3.40.